The number of nitrogens with zero attached hydrogens (tertiary/aromatic N) is 2. The zero-order valence-electron chi connectivity index (χ0n) is 12.5. The lowest BCUT2D eigenvalue weighted by molar-refractivity contribution is -0.384. The summed E-state index contributed by atoms with van der Waals surface area (Å²) in [6.45, 7) is 3.19. The molecule has 1 aliphatic carbocycles. The molecule has 0 spiro atoms. The van der Waals surface area contributed by atoms with E-state index in [0.29, 0.717) is 23.7 Å². The molecule has 0 bridgehead atoms. The second-order valence-electron chi connectivity index (χ2n) is 5.50. The number of carbonyl (C=O) groups excluding carboxylic acids is 1. The van der Waals surface area contributed by atoms with Gasteiger partial charge in [-0.1, -0.05) is 6.42 Å². The van der Waals surface area contributed by atoms with Crippen molar-refractivity contribution in [2.45, 2.75) is 26.2 Å². The second kappa shape index (κ2) is 6.56. The Bertz CT molecular complexity index is 541. The first kappa shape index (κ1) is 15.3. The molecule has 1 aliphatic rings. The summed E-state index contributed by atoms with van der Waals surface area (Å²) >= 11 is 0. The Morgan fingerprint density at radius 3 is 2.71 bits per heavy atom. The van der Waals surface area contributed by atoms with Gasteiger partial charge in [0.1, 0.15) is 5.69 Å². The molecule has 1 N–H and O–H groups in total. The summed E-state index contributed by atoms with van der Waals surface area (Å²) in [5, 5.41) is 14.1. The minimum atomic E-state index is -0.458. The summed E-state index contributed by atoms with van der Waals surface area (Å²) in [5.74, 6) is 0.419. The lowest BCUT2D eigenvalue weighted by atomic mass is 9.85. The number of nitrogens with one attached hydrogen (secondary N) is 1. The molecule has 0 aliphatic heterocycles. The van der Waals surface area contributed by atoms with Crippen LogP contribution in [0, 0.1) is 16.0 Å². The van der Waals surface area contributed by atoms with Crippen molar-refractivity contribution in [1.82, 2.24) is 4.90 Å². The van der Waals surface area contributed by atoms with E-state index in [9.17, 15) is 14.9 Å². The Morgan fingerprint density at radius 2 is 2.19 bits per heavy atom. The molecule has 1 aromatic carbocycles. The van der Waals surface area contributed by atoms with Gasteiger partial charge in [0.2, 0.25) is 0 Å². The first-order valence-corrected chi connectivity index (χ1v) is 7.30. The predicted octanol–water partition coefficient (Wildman–Crippen LogP) is 2.90. The summed E-state index contributed by atoms with van der Waals surface area (Å²) in [5.41, 5.74) is 0.755. The van der Waals surface area contributed by atoms with Crippen LogP contribution in [0.25, 0.3) is 0 Å². The molecule has 21 heavy (non-hydrogen) atoms. The fourth-order valence-corrected chi connectivity index (χ4v) is 2.52. The molecule has 1 aromatic rings. The predicted molar refractivity (Wildman–Crippen MR) is 81.6 cm³/mol. The van der Waals surface area contributed by atoms with Gasteiger partial charge in [-0.15, -0.1) is 0 Å². The number of amides is 1. The molecule has 0 atom stereocenters. The highest BCUT2D eigenvalue weighted by molar-refractivity contribution is 5.95. The fourth-order valence-electron chi connectivity index (χ4n) is 2.52. The number of nitro benzene ring substituents is 1. The second-order valence-corrected chi connectivity index (χ2v) is 5.50. The highest BCUT2D eigenvalue weighted by atomic mass is 16.6. The molecule has 0 aromatic heterocycles. The Balaban J connectivity index is 2.16. The van der Waals surface area contributed by atoms with E-state index < -0.39 is 4.92 Å². The van der Waals surface area contributed by atoms with E-state index in [1.165, 1.54) is 12.5 Å². The van der Waals surface area contributed by atoms with Crippen LogP contribution in [0.15, 0.2) is 18.2 Å². The van der Waals surface area contributed by atoms with Crippen LogP contribution in [0.3, 0.4) is 0 Å². The normalized spacial score (nSPS) is 14.4. The van der Waals surface area contributed by atoms with Crippen LogP contribution in [0.2, 0.25) is 0 Å². The molecule has 0 unspecified atom stereocenters. The molecule has 2 rings (SSSR count). The number of anilines is 1. The van der Waals surface area contributed by atoms with E-state index in [2.05, 4.69) is 5.32 Å². The molecule has 0 radical (unpaired) electrons. The van der Waals surface area contributed by atoms with Crippen LogP contribution in [-0.2, 0) is 0 Å². The maximum atomic E-state index is 12.3. The van der Waals surface area contributed by atoms with Crippen LogP contribution in [0.5, 0.6) is 0 Å². The number of hydrogen-bond donors (Lipinski definition) is 1. The van der Waals surface area contributed by atoms with Gasteiger partial charge in [0.25, 0.3) is 11.6 Å². The maximum absolute atomic E-state index is 12.3. The smallest absolute Gasteiger partial charge is 0.293 e. The third kappa shape index (κ3) is 3.51. The van der Waals surface area contributed by atoms with Crippen LogP contribution >= 0.6 is 0 Å². The average Bonchev–Trinajstić information content (AvgIpc) is 2.42. The third-order valence-electron chi connectivity index (χ3n) is 3.91. The zero-order valence-corrected chi connectivity index (χ0v) is 12.5. The maximum Gasteiger partial charge on any atom is 0.293 e. The van der Waals surface area contributed by atoms with E-state index in [1.807, 2.05) is 6.92 Å². The summed E-state index contributed by atoms with van der Waals surface area (Å²) < 4.78 is 0. The van der Waals surface area contributed by atoms with Gasteiger partial charge in [0, 0.05) is 31.8 Å². The monoisotopic (exact) mass is 291 g/mol. The number of benzene rings is 1. The highest BCUT2D eigenvalue weighted by Gasteiger charge is 2.23. The van der Waals surface area contributed by atoms with Crippen molar-refractivity contribution >= 4 is 17.3 Å². The van der Waals surface area contributed by atoms with Crippen LogP contribution in [0.1, 0.15) is 36.5 Å². The van der Waals surface area contributed by atoms with E-state index in [-0.39, 0.29) is 11.6 Å². The molecule has 6 heteroatoms. The van der Waals surface area contributed by atoms with Crippen molar-refractivity contribution in [3.63, 3.8) is 0 Å². The van der Waals surface area contributed by atoms with Gasteiger partial charge in [-0.05, 0) is 37.8 Å². The Labute approximate surface area is 124 Å². The van der Waals surface area contributed by atoms with Crippen molar-refractivity contribution in [3.8, 4) is 0 Å². The van der Waals surface area contributed by atoms with Crippen molar-refractivity contribution in [1.29, 1.82) is 0 Å². The Kier molecular flexibility index (Phi) is 4.77. The van der Waals surface area contributed by atoms with E-state index in [4.69, 9.17) is 0 Å². The van der Waals surface area contributed by atoms with Crippen LogP contribution < -0.4 is 5.32 Å². The SMILES string of the molecule is CCNc1ccc(C(=O)N(C)CC2CCC2)cc1[N+](=O)[O-]. The molecular formula is C15H21N3O3. The topological polar surface area (TPSA) is 75.5 Å². The van der Waals surface area contributed by atoms with E-state index in [1.54, 1.807) is 24.1 Å². The minimum Gasteiger partial charge on any atom is -0.380 e. The van der Waals surface area contributed by atoms with Crippen molar-refractivity contribution < 1.29 is 9.72 Å². The molecule has 6 nitrogen and oxygen atoms in total. The summed E-state index contributed by atoms with van der Waals surface area (Å²) in [7, 11) is 1.75. The van der Waals surface area contributed by atoms with Crippen molar-refractivity contribution in [3.05, 3.63) is 33.9 Å². The summed E-state index contributed by atoms with van der Waals surface area (Å²) in [6, 6.07) is 4.61. The summed E-state index contributed by atoms with van der Waals surface area (Å²) in [6.07, 6.45) is 3.56. The van der Waals surface area contributed by atoms with Gasteiger partial charge in [-0.3, -0.25) is 14.9 Å². The van der Waals surface area contributed by atoms with Gasteiger partial charge in [0.05, 0.1) is 4.92 Å². The lowest BCUT2D eigenvalue weighted by Crippen LogP contribution is -2.34. The molecular weight excluding hydrogens is 270 g/mol. The molecule has 1 saturated carbocycles. The van der Waals surface area contributed by atoms with Gasteiger partial charge >= 0.3 is 0 Å². The minimum absolute atomic E-state index is 0.0558. The van der Waals surface area contributed by atoms with Crippen LogP contribution in [-0.4, -0.2) is 35.9 Å². The lowest BCUT2D eigenvalue weighted by Gasteiger charge is -2.30. The zero-order chi connectivity index (χ0) is 15.4. The standard InChI is InChI=1S/C15H21N3O3/c1-3-16-13-8-7-12(9-14(13)18(20)21)15(19)17(2)10-11-5-4-6-11/h7-9,11,16H,3-6,10H2,1-2H3. The quantitative estimate of drug-likeness (QED) is 0.646. The fraction of sp³-hybridized carbons (Fsp3) is 0.533. The first-order chi connectivity index (χ1) is 10.0. The van der Waals surface area contributed by atoms with E-state index in [0.717, 1.165) is 19.4 Å². The highest BCUT2D eigenvalue weighted by Crippen LogP contribution is 2.28. The molecule has 1 amide bonds. The third-order valence-corrected chi connectivity index (χ3v) is 3.91. The van der Waals surface area contributed by atoms with Gasteiger partial charge < -0.3 is 10.2 Å². The number of carbonyl (C=O) groups is 1. The molecule has 0 saturated heterocycles. The number of hydrogen-bond acceptors (Lipinski definition) is 4. The van der Waals surface area contributed by atoms with Gasteiger partial charge in [0.15, 0.2) is 0 Å². The van der Waals surface area contributed by atoms with Gasteiger partial charge in [-0.25, -0.2) is 0 Å². The van der Waals surface area contributed by atoms with Crippen molar-refractivity contribution in [2.75, 3.05) is 25.5 Å². The van der Waals surface area contributed by atoms with Crippen molar-refractivity contribution in [2.24, 2.45) is 5.92 Å². The van der Waals surface area contributed by atoms with Crippen LogP contribution in [0.4, 0.5) is 11.4 Å². The van der Waals surface area contributed by atoms with E-state index >= 15 is 0 Å². The van der Waals surface area contributed by atoms with Gasteiger partial charge in [-0.2, -0.15) is 0 Å². The molecule has 0 heterocycles. The average molecular weight is 291 g/mol. The Morgan fingerprint density at radius 1 is 1.48 bits per heavy atom. The first-order valence-electron chi connectivity index (χ1n) is 7.30. The largest absolute Gasteiger partial charge is 0.380 e. The molecule has 114 valence electrons. The summed E-state index contributed by atoms with van der Waals surface area (Å²) in [4.78, 5) is 24.7. The Hall–Kier alpha value is -2.11. The number of nitro groups is 1. The molecule has 1 fully saturated rings. The number of rotatable bonds is 6.